The van der Waals surface area contributed by atoms with Crippen molar-refractivity contribution < 1.29 is 4.74 Å². The summed E-state index contributed by atoms with van der Waals surface area (Å²) in [5.74, 6) is 1.61. The molecule has 0 aliphatic carbocycles. The van der Waals surface area contributed by atoms with Crippen LogP contribution in [0.25, 0.3) is 0 Å². The van der Waals surface area contributed by atoms with Crippen LogP contribution in [-0.4, -0.2) is 31.1 Å². The van der Waals surface area contributed by atoms with Crippen molar-refractivity contribution in [2.24, 2.45) is 0 Å². The van der Waals surface area contributed by atoms with Gasteiger partial charge in [0.05, 0.1) is 7.11 Å². The van der Waals surface area contributed by atoms with E-state index in [9.17, 15) is 0 Å². The molecule has 1 aromatic carbocycles. The average Bonchev–Trinajstić information content (AvgIpc) is 2.31. The second-order valence-corrected chi connectivity index (χ2v) is 6.09. The molecule has 0 spiro atoms. The van der Waals surface area contributed by atoms with E-state index in [4.69, 9.17) is 16.3 Å². The SMILES string of the molecule is CCc1cc(Cl)c(C)c(C2CN(C(C)C)C2)c1OC. The van der Waals surface area contributed by atoms with Gasteiger partial charge in [-0.25, -0.2) is 0 Å². The molecule has 0 N–H and O–H groups in total. The first kappa shape index (κ1) is 14.7. The van der Waals surface area contributed by atoms with E-state index >= 15 is 0 Å². The molecule has 2 nitrogen and oxygen atoms in total. The molecule has 0 saturated carbocycles. The Morgan fingerprint density at radius 2 is 2.05 bits per heavy atom. The predicted octanol–water partition coefficient (Wildman–Crippen LogP) is 4.03. The Hall–Kier alpha value is -0.730. The number of halogens is 1. The van der Waals surface area contributed by atoms with Crippen LogP contribution >= 0.6 is 11.6 Å². The number of likely N-dealkylation sites (tertiary alicyclic amines) is 1. The van der Waals surface area contributed by atoms with Crippen LogP contribution in [0.2, 0.25) is 5.02 Å². The van der Waals surface area contributed by atoms with E-state index in [-0.39, 0.29) is 0 Å². The van der Waals surface area contributed by atoms with Crippen molar-refractivity contribution in [3.05, 3.63) is 27.8 Å². The van der Waals surface area contributed by atoms with Crippen molar-refractivity contribution in [3.8, 4) is 5.75 Å². The van der Waals surface area contributed by atoms with Gasteiger partial charge in [-0.15, -0.1) is 0 Å². The zero-order valence-electron chi connectivity index (χ0n) is 12.6. The highest BCUT2D eigenvalue weighted by Gasteiger charge is 2.33. The van der Waals surface area contributed by atoms with Crippen molar-refractivity contribution in [3.63, 3.8) is 0 Å². The summed E-state index contributed by atoms with van der Waals surface area (Å²) in [7, 11) is 1.77. The Morgan fingerprint density at radius 1 is 1.42 bits per heavy atom. The lowest BCUT2D eigenvalue weighted by Gasteiger charge is -2.43. The molecule has 0 radical (unpaired) electrons. The third-order valence-corrected chi connectivity index (χ3v) is 4.63. The summed E-state index contributed by atoms with van der Waals surface area (Å²) in [5.41, 5.74) is 3.73. The van der Waals surface area contributed by atoms with Crippen molar-refractivity contribution in [2.45, 2.75) is 46.1 Å². The third kappa shape index (κ3) is 2.61. The van der Waals surface area contributed by atoms with Crippen molar-refractivity contribution in [1.29, 1.82) is 0 Å². The van der Waals surface area contributed by atoms with Gasteiger partial charge in [-0.3, -0.25) is 4.90 Å². The molecular weight excluding hydrogens is 258 g/mol. The Kier molecular flexibility index (Phi) is 4.42. The summed E-state index contributed by atoms with van der Waals surface area (Å²) in [6.07, 6.45) is 0.955. The van der Waals surface area contributed by atoms with Crippen LogP contribution in [0.3, 0.4) is 0 Å². The fourth-order valence-electron chi connectivity index (χ4n) is 2.91. The standard InChI is InChI=1S/C16H24ClNO/c1-6-12-7-14(17)11(4)15(16(12)19-5)13-8-18(9-13)10(2)3/h7,10,13H,6,8-9H2,1-5H3. The molecule has 1 aliphatic rings. The number of nitrogens with zero attached hydrogens (tertiary/aromatic N) is 1. The van der Waals surface area contributed by atoms with Crippen LogP contribution in [-0.2, 0) is 6.42 Å². The van der Waals surface area contributed by atoms with Crippen molar-refractivity contribution >= 4 is 11.6 Å². The van der Waals surface area contributed by atoms with Gasteiger partial charge in [0.1, 0.15) is 5.75 Å². The number of benzene rings is 1. The van der Waals surface area contributed by atoms with E-state index in [0.717, 1.165) is 30.3 Å². The Balaban J connectivity index is 2.36. The summed E-state index contributed by atoms with van der Waals surface area (Å²) in [6, 6.07) is 2.67. The summed E-state index contributed by atoms with van der Waals surface area (Å²) in [5, 5.41) is 0.871. The smallest absolute Gasteiger partial charge is 0.125 e. The molecule has 0 aromatic heterocycles. The molecule has 1 heterocycles. The molecule has 1 fully saturated rings. The van der Waals surface area contributed by atoms with Crippen LogP contribution in [0.1, 0.15) is 43.4 Å². The minimum Gasteiger partial charge on any atom is -0.496 e. The van der Waals surface area contributed by atoms with E-state index in [1.165, 1.54) is 16.7 Å². The highest BCUT2D eigenvalue weighted by Crippen LogP contribution is 2.41. The normalized spacial score (nSPS) is 16.8. The van der Waals surface area contributed by atoms with Crippen molar-refractivity contribution in [1.82, 2.24) is 4.90 Å². The number of ether oxygens (including phenoxy) is 1. The van der Waals surface area contributed by atoms with Gasteiger partial charge in [-0.2, -0.15) is 0 Å². The van der Waals surface area contributed by atoms with Gasteiger partial charge in [-0.1, -0.05) is 18.5 Å². The maximum atomic E-state index is 6.38. The number of methoxy groups -OCH3 is 1. The Morgan fingerprint density at radius 3 is 2.53 bits per heavy atom. The largest absolute Gasteiger partial charge is 0.496 e. The van der Waals surface area contributed by atoms with Crippen LogP contribution in [0.5, 0.6) is 5.75 Å². The van der Waals surface area contributed by atoms with Crippen LogP contribution in [0.4, 0.5) is 0 Å². The Labute approximate surface area is 121 Å². The molecule has 19 heavy (non-hydrogen) atoms. The van der Waals surface area contributed by atoms with Gasteiger partial charge in [0.25, 0.3) is 0 Å². The molecule has 1 aromatic rings. The molecule has 0 bridgehead atoms. The molecule has 0 atom stereocenters. The molecule has 0 unspecified atom stereocenters. The van der Waals surface area contributed by atoms with Gasteiger partial charge in [0.2, 0.25) is 0 Å². The first-order chi connectivity index (χ1) is 8.99. The monoisotopic (exact) mass is 281 g/mol. The van der Waals surface area contributed by atoms with Gasteiger partial charge in [0.15, 0.2) is 0 Å². The first-order valence-corrected chi connectivity index (χ1v) is 7.47. The molecule has 3 heteroatoms. The summed E-state index contributed by atoms with van der Waals surface area (Å²) < 4.78 is 5.68. The molecule has 1 saturated heterocycles. The number of hydrogen-bond acceptors (Lipinski definition) is 2. The topological polar surface area (TPSA) is 12.5 Å². The third-order valence-electron chi connectivity index (χ3n) is 4.23. The van der Waals surface area contributed by atoms with Crippen LogP contribution in [0.15, 0.2) is 6.07 Å². The first-order valence-electron chi connectivity index (χ1n) is 7.09. The van der Waals surface area contributed by atoms with E-state index in [1.54, 1.807) is 7.11 Å². The van der Waals surface area contributed by atoms with Crippen LogP contribution in [0, 0.1) is 6.92 Å². The van der Waals surface area contributed by atoms with Crippen molar-refractivity contribution in [2.75, 3.05) is 20.2 Å². The lowest BCUT2D eigenvalue weighted by Crippen LogP contribution is -2.48. The summed E-state index contributed by atoms with van der Waals surface area (Å²) in [4.78, 5) is 2.48. The second-order valence-electron chi connectivity index (χ2n) is 5.69. The van der Waals surface area contributed by atoms with Crippen LogP contribution < -0.4 is 4.74 Å². The molecule has 1 aliphatic heterocycles. The molecule has 2 rings (SSSR count). The van der Waals surface area contributed by atoms with Gasteiger partial charge in [-0.05, 0) is 44.4 Å². The minimum absolute atomic E-state index is 0.557. The maximum Gasteiger partial charge on any atom is 0.125 e. The highest BCUT2D eigenvalue weighted by atomic mass is 35.5. The molecular formula is C16H24ClNO. The minimum atomic E-state index is 0.557. The van der Waals surface area contributed by atoms with E-state index in [2.05, 4.69) is 38.7 Å². The van der Waals surface area contributed by atoms with Gasteiger partial charge in [0, 0.05) is 35.6 Å². The highest BCUT2D eigenvalue weighted by molar-refractivity contribution is 6.31. The number of hydrogen-bond donors (Lipinski definition) is 0. The summed E-state index contributed by atoms with van der Waals surface area (Å²) in [6.45, 7) is 11.0. The molecule has 106 valence electrons. The van der Waals surface area contributed by atoms with E-state index < -0.39 is 0 Å². The summed E-state index contributed by atoms with van der Waals surface area (Å²) >= 11 is 6.38. The Bertz CT molecular complexity index is 464. The molecule has 0 amide bonds. The second kappa shape index (κ2) is 5.72. The van der Waals surface area contributed by atoms with E-state index in [1.807, 2.05) is 0 Å². The lowest BCUT2D eigenvalue weighted by atomic mass is 9.85. The van der Waals surface area contributed by atoms with E-state index in [0.29, 0.717) is 12.0 Å². The predicted molar refractivity (Wildman–Crippen MR) is 81.6 cm³/mol. The lowest BCUT2D eigenvalue weighted by molar-refractivity contribution is 0.108. The average molecular weight is 282 g/mol. The fraction of sp³-hybridized carbons (Fsp3) is 0.625. The quantitative estimate of drug-likeness (QED) is 0.826. The number of rotatable bonds is 4. The maximum absolute atomic E-state index is 6.38. The van der Waals surface area contributed by atoms with Gasteiger partial charge < -0.3 is 4.74 Å². The fourth-order valence-corrected chi connectivity index (χ4v) is 3.14. The zero-order valence-corrected chi connectivity index (χ0v) is 13.3. The number of aryl methyl sites for hydroxylation is 1. The zero-order chi connectivity index (χ0) is 14.2. The van der Waals surface area contributed by atoms with Gasteiger partial charge >= 0.3 is 0 Å².